The van der Waals surface area contributed by atoms with Crippen molar-refractivity contribution < 1.29 is 9.42 Å². The average molecular weight is 489 g/mol. The first-order chi connectivity index (χ1) is 15.5. The molecule has 4 aromatic rings. The van der Waals surface area contributed by atoms with Crippen LogP contribution in [0.3, 0.4) is 0 Å². The molecule has 4 rings (SSSR count). The summed E-state index contributed by atoms with van der Waals surface area (Å²) in [7, 11) is 0. The number of hydrogen-bond acceptors (Lipinski definition) is 9. The molecule has 3 N–H and O–H groups in total. The van der Waals surface area contributed by atoms with Gasteiger partial charge in [0.15, 0.2) is 5.69 Å². The molecule has 13 heteroatoms. The third-order valence-corrected chi connectivity index (χ3v) is 5.88. The van der Waals surface area contributed by atoms with Gasteiger partial charge in [0, 0.05) is 10.6 Å². The molecule has 0 radical (unpaired) electrons. The number of nitrogen functional groups attached to an aromatic ring is 1. The van der Waals surface area contributed by atoms with Crippen molar-refractivity contribution in [2.24, 2.45) is 5.10 Å². The van der Waals surface area contributed by atoms with Crippen LogP contribution in [0.1, 0.15) is 21.7 Å². The number of hydrogen-bond donors (Lipinski definition) is 2. The minimum absolute atomic E-state index is 0.0189. The number of amides is 1. The zero-order valence-electron chi connectivity index (χ0n) is 16.1. The molecule has 0 spiro atoms. The molecular weight excluding hydrogens is 475 g/mol. The van der Waals surface area contributed by atoms with Crippen molar-refractivity contribution in [2.45, 2.75) is 10.6 Å². The van der Waals surface area contributed by atoms with Crippen molar-refractivity contribution in [3.05, 3.63) is 75.5 Å². The SMILES string of the molecule is Nc1nonc1-n1nnc(C(=O)NN=Cc2ccc(Cl)c(Cl)c2)c1CSc1ccccc1. The van der Waals surface area contributed by atoms with Crippen LogP contribution in [0.2, 0.25) is 10.0 Å². The Hall–Kier alpha value is -3.41. The molecule has 0 saturated carbocycles. The molecule has 32 heavy (non-hydrogen) atoms. The number of nitrogens with one attached hydrogen (secondary N) is 1. The topological polar surface area (TPSA) is 137 Å². The van der Waals surface area contributed by atoms with Crippen LogP contribution < -0.4 is 11.2 Å². The van der Waals surface area contributed by atoms with Crippen LogP contribution in [0.25, 0.3) is 5.82 Å². The largest absolute Gasteiger partial charge is 0.378 e. The monoisotopic (exact) mass is 488 g/mol. The first kappa shape index (κ1) is 21.8. The summed E-state index contributed by atoms with van der Waals surface area (Å²) in [5.74, 6) is -0.0565. The van der Waals surface area contributed by atoms with Gasteiger partial charge in [0.05, 0.1) is 22.0 Å². The summed E-state index contributed by atoms with van der Waals surface area (Å²) in [5.41, 5.74) is 9.39. The van der Waals surface area contributed by atoms with E-state index in [0.717, 1.165) is 4.90 Å². The Morgan fingerprint density at radius 3 is 2.72 bits per heavy atom. The summed E-state index contributed by atoms with van der Waals surface area (Å²) < 4.78 is 5.97. The number of aromatic nitrogens is 5. The van der Waals surface area contributed by atoms with Crippen LogP contribution in [0.4, 0.5) is 5.82 Å². The van der Waals surface area contributed by atoms with E-state index in [1.165, 1.54) is 22.7 Å². The molecule has 2 aromatic heterocycles. The van der Waals surface area contributed by atoms with E-state index < -0.39 is 5.91 Å². The number of halogens is 2. The second kappa shape index (κ2) is 9.81. The van der Waals surface area contributed by atoms with Gasteiger partial charge >= 0.3 is 0 Å². The molecule has 0 aliphatic heterocycles. The van der Waals surface area contributed by atoms with Gasteiger partial charge in [-0.05, 0) is 40.1 Å². The van der Waals surface area contributed by atoms with Crippen LogP contribution in [-0.2, 0) is 5.75 Å². The predicted molar refractivity (Wildman–Crippen MR) is 121 cm³/mol. The minimum atomic E-state index is -0.564. The van der Waals surface area contributed by atoms with Gasteiger partial charge in [-0.3, -0.25) is 4.79 Å². The number of nitrogens with zero attached hydrogens (tertiary/aromatic N) is 6. The number of thioether (sulfide) groups is 1. The van der Waals surface area contributed by atoms with Gasteiger partial charge in [0.1, 0.15) is 0 Å². The fraction of sp³-hybridized carbons (Fsp3) is 0.0526. The average Bonchev–Trinajstić information content (AvgIpc) is 3.41. The molecule has 162 valence electrons. The van der Waals surface area contributed by atoms with Crippen LogP contribution >= 0.6 is 35.0 Å². The molecular formula is C19H14Cl2N8O2S. The lowest BCUT2D eigenvalue weighted by Crippen LogP contribution is -2.20. The van der Waals surface area contributed by atoms with Crippen molar-refractivity contribution in [1.29, 1.82) is 0 Å². The summed E-state index contributed by atoms with van der Waals surface area (Å²) in [4.78, 5) is 13.8. The van der Waals surface area contributed by atoms with E-state index in [-0.39, 0.29) is 17.3 Å². The summed E-state index contributed by atoms with van der Waals surface area (Å²) in [6.45, 7) is 0. The highest BCUT2D eigenvalue weighted by atomic mass is 35.5. The number of carbonyl (C=O) groups is 1. The Kier molecular flexibility index (Phi) is 6.69. The van der Waals surface area contributed by atoms with Gasteiger partial charge in [-0.25, -0.2) is 10.1 Å². The fourth-order valence-electron chi connectivity index (χ4n) is 2.59. The Bertz CT molecular complexity index is 1280. The maximum absolute atomic E-state index is 12.8. The molecule has 2 aromatic carbocycles. The van der Waals surface area contributed by atoms with Gasteiger partial charge in [0.25, 0.3) is 5.91 Å². The highest BCUT2D eigenvalue weighted by Crippen LogP contribution is 2.26. The molecule has 1 amide bonds. The van der Waals surface area contributed by atoms with E-state index in [2.05, 4.69) is 35.8 Å². The summed E-state index contributed by atoms with van der Waals surface area (Å²) >= 11 is 13.4. The van der Waals surface area contributed by atoms with E-state index in [4.69, 9.17) is 28.9 Å². The first-order valence-corrected chi connectivity index (χ1v) is 10.8. The maximum Gasteiger partial charge on any atom is 0.293 e. The van der Waals surface area contributed by atoms with Gasteiger partial charge in [-0.1, -0.05) is 52.7 Å². The van der Waals surface area contributed by atoms with E-state index in [1.54, 1.807) is 18.2 Å². The second-order valence-corrected chi connectivity index (χ2v) is 8.11. The number of anilines is 1. The third-order valence-electron chi connectivity index (χ3n) is 4.12. The number of nitrogens with two attached hydrogens (primary N) is 1. The molecule has 0 aliphatic rings. The Labute approximate surface area is 195 Å². The van der Waals surface area contributed by atoms with Crippen molar-refractivity contribution in [3.63, 3.8) is 0 Å². The fourth-order valence-corrected chi connectivity index (χ4v) is 3.81. The van der Waals surface area contributed by atoms with Crippen molar-refractivity contribution in [3.8, 4) is 5.82 Å². The summed E-state index contributed by atoms with van der Waals surface area (Å²) in [6.07, 6.45) is 1.43. The van der Waals surface area contributed by atoms with Crippen LogP contribution in [0.15, 0.2) is 63.2 Å². The lowest BCUT2D eigenvalue weighted by atomic mass is 10.2. The van der Waals surface area contributed by atoms with E-state index >= 15 is 0 Å². The summed E-state index contributed by atoms with van der Waals surface area (Å²) in [5, 5.41) is 20.1. The van der Waals surface area contributed by atoms with Crippen molar-refractivity contribution in [1.82, 2.24) is 30.7 Å². The minimum Gasteiger partial charge on any atom is -0.378 e. The molecule has 10 nitrogen and oxygen atoms in total. The molecule has 0 unspecified atom stereocenters. The molecule has 2 heterocycles. The number of benzene rings is 2. The quantitative estimate of drug-likeness (QED) is 0.228. The standard InChI is InChI=1S/C19H14Cl2N8O2S/c20-13-7-6-11(8-14(13)21)9-23-25-19(30)16-15(10-32-12-4-2-1-3-5-12)29(28-24-16)18-17(22)26-31-27-18/h1-9H,10H2,(H2,22,26)(H,25,30). The zero-order valence-corrected chi connectivity index (χ0v) is 18.5. The number of hydrazone groups is 1. The molecule has 0 aliphatic carbocycles. The van der Waals surface area contributed by atoms with Gasteiger partial charge < -0.3 is 5.73 Å². The van der Waals surface area contributed by atoms with E-state index in [1.807, 2.05) is 30.3 Å². The summed E-state index contributed by atoms with van der Waals surface area (Å²) in [6, 6.07) is 14.6. The van der Waals surface area contributed by atoms with E-state index in [9.17, 15) is 4.79 Å². The molecule has 0 atom stereocenters. The van der Waals surface area contributed by atoms with Crippen molar-refractivity contribution >= 4 is 52.9 Å². The number of carbonyl (C=O) groups excluding carboxylic acids is 1. The van der Waals surface area contributed by atoms with Gasteiger partial charge in [-0.2, -0.15) is 9.78 Å². The third kappa shape index (κ3) is 4.90. The maximum atomic E-state index is 12.8. The van der Waals surface area contributed by atoms with Crippen LogP contribution in [-0.4, -0.2) is 37.4 Å². The zero-order chi connectivity index (χ0) is 22.5. The Balaban J connectivity index is 1.57. The van der Waals surface area contributed by atoms with E-state index in [0.29, 0.717) is 27.1 Å². The van der Waals surface area contributed by atoms with Gasteiger partial charge in [0.2, 0.25) is 11.6 Å². The molecule has 0 bridgehead atoms. The predicted octanol–water partition coefficient (Wildman–Crippen LogP) is 3.60. The lowest BCUT2D eigenvalue weighted by Gasteiger charge is -2.05. The highest BCUT2D eigenvalue weighted by molar-refractivity contribution is 7.98. The van der Waals surface area contributed by atoms with Crippen molar-refractivity contribution in [2.75, 3.05) is 5.73 Å². The smallest absolute Gasteiger partial charge is 0.293 e. The molecule has 0 saturated heterocycles. The van der Waals surface area contributed by atoms with Crippen LogP contribution in [0.5, 0.6) is 0 Å². The molecule has 0 fully saturated rings. The van der Waals surface area contributed by atoms with Crippen LogP contribution in [0, 0.1) is 0 Å². The highest BCUT2D eigenvalue weighted by Gasteiger charge is 2.24. The second-order valence-electron chi connectivity index (χ2n) is 6.24. The Morgan fingerprint density at radius 1 is 1.19 bits per heavy atom. The lowest BCUT2D eigenvalue weighted by molar-refractivity contribution is 0.0949. The normalized spacial score (nSPS) is 11.2. The number of rotatable bonds is 7. The Morgan fingerprint density at radius 2 is 2.00 bits per heavy atom. The first-order valence-electron chi connectivity index (χ1n) is 9.02. The van der Waals surface area contributed by atoms with Gasteiger partial charge in [-0.15, -0.1) is 16.9 Å².